The van der Waals surface area contributed by atoms with Crippen molar-refractivity contribution in [3.8, 4) is 0 Å². The number of rotatable bonds is 2. The van der Waals surface area contributed by atoms with Gasteiger partial charge in [-0.1, -0.05) is 41.5 Å². The molecule has 0 aromatic heterocycles. The van der Waals surface area contributed by atoms with Crippen LogP contribution in [0.1, 0.15) is 31.1 Å². The number of benzene rings is 3. The second kappa shape index (κ2) is 5.52. The van der Waals surface area contributed by atoms with E-state index in [4.69, 9.17) is 4.84 Å². The van der Waals surface area contributed by atoms with Crippen LogP contribution in [0.25, 0.3) is 10.8 Å². The second-order valence-corrected chi connectivity index (χ2v) is 5.51. The van der Waals surface area contributed by atoms with E-state index in [0.29, 0.717) is 15.8 Å². The van der Waals surface area contributed by atoms with Gasteiger partial charge in [0.1, 0.15) is 5.82 Å². The second-order valence-electron chi connectivity index (χ2n) is 5.51. The number of carbonyl (C=O) groups is 3. The van der Waals surface area contributed by atoms with Gasteiger partial charge in [-0.2, -0.15) is 0 Å². The lowest BCUT2D eigenvalue weighted by atomic mass is 10.1. The van der Waals surface area contributed by atoms with Crippen LogP contribution in [0, 0.1) is 5.82 Å². The lowest BCUT2D eigenvalue weighted by Crippen LogP contribution is -2.33. The number of halogens is 1. The number of amides is 2. The first-order valence-electron chi connectivity index (χ1n) is 7.44. The highest BCUT2D eigenvalue weighted by Crippen LogP contribution is 2.25. The van der Waals surface area contributed by atoms with Crippen molar-refractivity contribution in [3.05, 3.63) is 83.2 Å². The zero-order valence-corrected chi connectivity index (χ0v) is 12.7. The summed E-state index contributed by atoms with van der Waals surface area (Å²) in [5.74, 6) is -3.41. The van der Waals surface area contributed by atoms with Crippen LogP contribution in [0.2, 0.25) is 0 Å². The topological polar surface area (TPSA) is 63.7 Å². The van der Waals surface area contributed by atoms with Gasteiger partial charge in [0.25, 0.3) is 11.8 Å². The van der Waals surface area contributed by atoms with E-state index >= 15 is 0 Å². The molecule has 0 atom stereocenters. The fourth-order valence-electron chi connectivity index (χ4n) is 2.75. The van der Waals surface area contributed by atoms with Crippen molar-refractivity contribution in [2.24, 2.45) is 0 Å². The molecule has 0 N–H and O–H groups in total. The van der Waals surface area contributed by atoms with E-state index in [1.165, 1.54) is 24.3 Å². The molecule has 0 fully saturated rings. The number of hydrogen-bond donors (Lipinski definition) is 0. The molecule has 5 nitrogen and oxygen atoms in total. The number of hydrogen-bond acceptors (Lipinski definition) is 4. The first kappa shape index (κ1) is 15.0. The lowest BCUT2D eigenvalue weighted by Gasteiger charge is -2.13. The van der Waals surface area contributed by atoms with E-state index in [1.807, 2.05) is 0 Å². The highest BCUT2D eigenvalue weighted by Gasteiger charge is 2.39. The van der Waals surface area contributed by atoms with Gasteiger partial charge in [-0.15, -0.1) is 0 Å². The molecule has 0 radical (unpaired) electrons. The summed E-state index contributed by atoms with van der Waals surface area (Å²) in [5.41, 5.74) is -0.0752. The third-order valence-electron chi connectivity index (χ3n) is 3.99. The molecule has 1 aliphatic rings. The third kappa shape index (κ3) is 2.35. The van der Waals surface area contributed by atoms with E-state index in [-0.39, 0.29) is 16.7 Å². The molecule has 6 heteroatoms. The van der Waals surface area contributed by atoms with Gasteiger partial charge in [0.2, 0.25) is 0 Å². The molecule has 0 saturated heterocycles. The molecule has 122 valence electrons. The molecule has 0 bridgehead atoms. The largest absolute Gasteiger partial charge is 0.366 e. The van der Waals surface area contributed by atoms with Crippen LogP contribution in [0.3, 0.4) is 0 Å². The molecule has 0 spiro atoms. The highest BCUT2D eigenvalue weighted by molar-refractivity contribution is 6.21. The van der Waals surface area contributed by atoms with Gasteiger partial charge in [0.15, 0.2) is 0 Å². The maximum atomic E-state index is 14.2. The van der Waals surface area contributed by atoms with Crippen molar-refractivity contribution >= 4 is 28.6 Å². The van der Waals surface area contributed by atoms with Crippen molar-refractivity contribution < 1.29 is 23.6 Å². The van der Waals surface area contributed by atoms with E-state index in [9.17, 15) is 18.8 Å². The number of hydroxylamine groups is 2. The Kier molecular flexibility index (Phi) is 3.32. The van der Waals surface area contributed by atoms with E-state index < -0.39 is 23.6 Å². The van der Waals surface area contributed by atoms with Crippen molar-refractivity contribution in [1.29, 1.82) is 0 Å². The average Bonchev–Trinajstić information content (AvgIpc) is 2.86. The van der Waals surface area contributed by atoms with E-state index in [1.54, 1.807) is 36.4 Å². The Morgan fingerprint density at radius 1 is 0.840 bits per heavy atom. The monoisotopic (exact) mass is 335 g/mol. The number of imide groups is 1. The van der Waals surface area contributed by atoms with Crippen LogP contribution >= 0.6 is 0 Å². The smallest absolute Gasteiger partial charge is 0.324 e. The summed E-state index contributed by atoms with van der Waals surface area (Å²) in [6, 6.07) is 15.6. The Labute approximate surface area is 141 Å². The summed E-state index contributed by atoms with van der Waals surface area (Å²) >= 11 is 0. The Hall–Kier alpha value is -3.54. The van der Waals surface area contributed by atoms with E-state index in [0.717, 1.165) is 0 Å². The van der Waals surface area contributed by atoms with Crippen LogP contribution in [-0.4, -0.2) is 22.8 Å². The predicted octanol–water partition coefficient (Wildman–Crippen LogP) is 3.35. The Balaban J connectivity index is 1.66. The minimum absolute atomic E-state index is 0.138. The Morgan fingerprint density at radius 2 is 1.36 bits per heavy atom. The van der Waals surface area contributed by atoms with Gasteiger partial charge in [0, 0.05) is 0 Å². The van der Waals surface area contributed by atoms with Crippen molar-refractivity contribution in [1.82, 2.24) is 5.06 Å². The highest BCUT2D eigenvalue weighted by atomic mass is 19.1. The summed E-state index contributed by atoms with van der Waals surface area (Å²) < 4.78 is 14.2. The maximum Gasteiger partial charge on any atom is 0.366 e. The van der Waals surface area contributed by atoms with Crippen molar-refractivity contribution in [2.45, 2.75) is 0 Å². The Bertz CT molecular complexity index is 1030. The van der Waals surface area contributed by atoms with Gasteiger partial charge >= 0.3 is 5.97 Å². The summed E-state index contributed by atoms with van der Waals surface area (Å²) in [6.07, 6.45) is 0. The fraction of sp³-hybridized carbons (Fsp3) is 0. The molecule has 2 amide bonds. The maximum absolute atomic E-state index is 14.2. The minimum atomic E-state index is -1.11. The quantitative estimate of drug-likeness (QED) is 0.674. The molecule has 0 aliphatic carbocycles. The minimum Gasteiger partial charge on any atom is -0.324 e. The molecule has 25 heavy (non-hydrogen) atoms. The van der Waals surface area contributed by atoms with Crippen LogP contribution in [0.15, 0.2) is 60.7 Å². The summed E-state index contributed by atoms with van der Waals surface area (Å²) in [4.78, 5) is 41.6. The molecule has 3 aromatic carbocycles. The summed E-state index contributed by atoms with van der Waals surface area (Å²) in [6.45, 7) is 0. The molecule has 4 rings (SSSR count). The first-order chi connectivity index (χ1) is 12.1. The molecule has 0 unspecified atom stereocenters. The van der Waals surface area contributed by atoms with Crippen LogP contribution in [-0.2, 0) is 4.84 Å². The normalized spacial score (nSPS) is 13.2. The molecule has 1 heterocycles. The van der Waals surface area contributed by atoms with E-state index in [2.05, 4.69) is 0 Å². The SMILES string of the molecule is O=C(ON1C(=O)c2ccccc2C1=O)c1cc2ccccc2cc1F. The summed E-state index contributed by atoms with van der Waals surface area (Å²) in [7, 11) is 0. The number of fused-ring (bicyclic) bond motifs is 2. The summed E-state index contributed by atoms with van der Waals surface area (Å²) in [5, 5.41) is 1.62. The van der Waals surface area contributed by atoms with Gasteiger partial charge < -0.3 is 4.84 Å². The standard InChI is InChI=1S/C19H10FNO4/c20-16-10-12-6-2-1-5-11(12)9-15(16)19(24)25-21-17(22)13-7-3-4-8-14(13)18(21)23/h1-10H. The first-order valence-corrected chi connectivity index (χ1v) is 7.44. The zero-order valence-electron chi connectivity index (χ0n) is 12.7. The predicted molar refractivity (Wildman–Crippen MR) is 86.3 cm³/mol. The number of nitrogens with zero attached hydrogens (tertiary/aromatic N) is 1. The fourth-order valence-corrected chi connectivity index (χ4v) is 2.75. The van der Waals surface area contributed by atoms with Crippen LogP contribution in [0.5, 0.6) is 0 Å². The molecule has 1 aliphatic heterocycles. The van der Waals surface area contributed by atoms with Crippen molar-refractivity contribution in [3.63, 3.8) is 0 Å². The number of carbonyl (C=O) groups excluding carboxylic acids is 3. The van der Waals surface area contributed by atoms with Gasteiger partial charge in [-0.05, 0) is 35.0 Å². The van der Waals surface area contributed by atoms with Crippen LogP contribution < -0.4 is 0 Å². The molecule has 3 aromatic rings. The molecular formula is C19H10FNO4. The van der Waals surface area contributed by atoms with Crippen molar-refractivity contribution in [2.75, 3.05) is 0 Å². The van der Waals surface area contributed by atoms with Gasteiger partial charge in [0.05, 0.1) is 16.7 Å². The molecule has 0 saturated carbocycles. The van der Waals surface area contributed by atoms with Gasteiger partial charge in [-0.3, -0.25) is 9.59 Å². The zero-order chi connectivity index (χ0) is 17.6. The van der Waals surface area contributed by atoms with Crippen LogP contribution in [0.4, 0.5) is 4.39 Å². The average molecular weight is 335 g/mol. The third-order valence-corrected chi connectivity index (χ3v) is 3.99. The van der Waals surface area contributed by atoms with Gasteiger partial charge in [-0.25, -0.2) is 9.18 Å². The Morgan fingerprint density at radius 3 is 1.96 bits per heavy atom. The lowest BCUT2D eigenvalue weighted by molar-refractivity contribution is -0.0587. The molecular weight excluding hydrogens is 325 g/mol.